The fourth-order valence-corrected chi connectivity index (χ4v) is 2.07. The van der Waals surface area contributed by atoms with Gasteiger partial charge in [0, 0.05) is 13.2 Å². The Morgan fingerprint density at radius 1 is 1.23 bits per heavy atom. The number of aliphatic hydroxyl groups excluding tert-OH is 1. The lowest BCUT2D eigenvalue weighted by molar-refractivity contribution is -0.124. The van der Waals surface area contributed by atoms with Crippen molar-refractivity contribution in [3.63, 3.8) is 0 Å². The monoisotopic (exact) mass is 326 g/mol. The zero-order chi connectivity index (χ0) is 16.7. The standard InChI is InChI=1S/C16H23ClN2O3/c1-10(2)14(16(22)18-8-11(3)9-20)19-15(21)12-6-4-5-7-13(12)17/h4-7,10-11,14,20H,8-9H2,1-3H3,(H,18,22)(H,19,21). The van der Waals surface area contributed by atoms with Gasteiger partial charge in [0.1, 0.15) is 6.04 Å². The molecule has 1 rings (SSSR count). The summed E-state index contributed by atoms with van der Waals surface area (Å²) in [4.78, 5) is 24.5. The highest BCUT2D eigenvalue weighted by Crippen LogP contribution is 2.15. The van der Waals surface area contributed by atoms with Crippen LogP contribution in [0.4, 0.5) is 0 Å². The number of aliphatic hydroxyl groups is 1. The van der Waals surface area contributed by atoms with Crippen molar-refractivity contribution in [2.45, 2.75) is 26.8 Å². The summed E-state index contributed by atoms with van der Waals surface area (Å²) >= 11 is 5.99. The molecule has 6 heteroatoms. The minimum Gasteiger partial charge on any atom is -0.396 e. The van der Waals surface area contributed by atoms with Crippen molar-refractivity contribution in [2.75, 3.05) is 13.2 Å². The van der Waals surface area contributed by atoms with Crippen LogP contribution in [0.2, 0.25) is 5.02 Å². The van der Waals surface area contributed by atoms with Gasteiger partial charge < -0.3 is 15.7 Å². The Bertz CT molecular complexity index is 520. The fraction of sp³-hybridized carbons (Fsp3) is 0.500. The zero-order valence-corrected chi connectivity index (χ0v) is 13.9. The molecular formula is C16H23ClN2O3. The lowest BCUT2D eigenvalue weighted by Crippen LogP contribution is -2.50. The maximum Gasteiger partial charge on any atom is 0.253 e. The minimum absolute atomic E-state index is 0.00138. The predicted molar refractivity (Wildman–Crippen MR) is 86.8 cm³/mol. The topological polar surface area (TPSA) is 78.4 Å². The molecule has 0 aliphatic rings. The second kappa shape index (κ2) is 8.76. The molecule has 0 fully saturated rings. The first kappa shape index (κ1) is 18.5. The Morgan fingerprint density at radius 3 is 2.41 bits per heavy atom. The third-order valence-electron chi connectivity index (χ3n) is 3.29. The van der Waals surface area contributed by atoms with E-state index >= 15 is 0 Å². The van der Waals surface area contributed by atoms with Crippen LogP contribution in [0.25, 0.3) is 0 Å². The van der Waals surface area contributed by atoms with Crippen LogP contribution < -0.4 is 10.6 Å². The molecular weight excluding hydrogens is 304 g/mol. The van der Waals surface area contributed by atoms with E-state index in [0.717, 1.165) is 0 Å². The van der Waals surface area contributed by atoms with Crippen LogP contribution in [-0.4, -0.2) is 36.1 Å². The zero-order valence-electron chi connectivity index (χ0n) is 13.1. The molecule has 2 unspecified atom stereocenters. The maximum absolute atomic E-state index is 12.3. The molecule has 2 amide bonds. The third-order valence-corrected chi connectivity index (χ3v) is 3.62. The molecule has 3 N–H and O–H groups in total. The SMILES string of the molecule is CC(CO)CNC(=O)C(NC(=O)c1ccccc1Cl)C(C)C. The van der Waals surface area contributed by atoms with Crippen molar-refractivity contribution in [2.24, 2.45) is 11.8 Å². The van der Waals surface area contributed by atoms with Gasteiger partial charge in [0.25, 0.3) is 5.91 Å². The van der Waals surface area contributed by atoms with E-state index in [1.165, 1.54) is 0 Å². The van der Waals surface area contributed by atoms with Crippen molar-refractivity contribution in [1.29, 1.82) is 0 Å². The van der Waals surface area contributed by atoms with Crippen LogP contribution in [0.15, 0.2) is 24.3 Å². The number of amides is 2. The molecule has 5 nitrogen and oxygen atoms in total. The summed E-state index contributed by atoms with van der Waals surface area (Å²) in [5.74, 6) is -0.753. The molecule has 0 spiro atoms. The average Bonchev–Trinajstić information content (AvgIpc) is 2.49. The first-order valence-corrected chi connectivity index (χ1v) is 7.68. The fourth-order valence-electron chi connectivity index (χ4n) is 1.85. The normalized spacial score (nSPS) is 13.5. The molecule has 0 saturated heterocycles. The summed E-state index contributed by atoms with van der Waals surface area (Å²) in [7, 11) is 0. The molecule has 0 aliphatic heterocycles. The van der Waals surface area contributed by atoms with Gasteiger partial charge in [-0.2, -0.15) is 0 Å². The highest BCUT2D eigenvalue weighted by atomic mass is 35.5. The van der Waals surface area contributed by atoms with Crippen LogP contribution >= 0.6 is 11.6 Å². The number of benzene rings is 1. The van der Waals surface area contributed by atoms with Crippen LogP contribution in [0.1, 0.15) is 31.1 Å². The molecule has 0 bridgehead atoms. The Kier molecular flexibility index (Phi) is 7.35. The van der Waals surface area contributed by atoms with Gasteiger partial charge in [-0.15, -0.1) is 0 Å². The Hall–Kier alpha value is -1.59. The lowest BCUT2D eigenvalue weighted by atomic mass is 10.0. The molecule has 0 saturated carbocycles. The first-order chi connectivity index (χ1) is 10.4. The summed E-state index contributed by atoms with van der Waals surface area (Å²) in [6.07, 6.45) is 0. The van der Waals surface area contributed by atoms with Crippen molar-refractivity contribution in [3.8, 4) is 0 Å². The van der Waals surface area contributed by atoms with E-state index in [4.69, 9.17) is 16.7 Å². The van der Waals surface area contributed by atoms with E-state index in [1.807, 2.05) is 20.8 Å². The molecule has 0 aliphatic carbocycles. The van der Waals surface area contributed by atoms with Gasteiger partial charge in [-0.05, 0) is 24.0 Å². The third kappa shape index (κ3) is 5.31. The summed E-state index contributed by atoms with van der Waals surface area (Å²) in [6.45, 7) is 5.89. The molecule has 0 heterocycles. The van der Waals surface area contributed by atoms with Crippen LogP contribution in [0.3, 0.4) is 0 Å². The lowest BCUT2D eigenvalue weighted by Gasteiger charge is -2.22. The molecule has 0 radical (unpaired) electrons. The Morgan fingerprint density at radius 2 is 1.86 bits per heavy atom. The first-order valence-electron chi connectivity index (χ1n) is 7.30. The second-order valence-corrected chi connectivity index (χ2v) is 6.12. The van der Waals surface area contributed by atoms with Gasteiger partial charge in [0.05, 0.1) is 10.6 Å². The number of carbonyl (C=O) groups is 2. The Labute approximate surface area is 136 Å². The molecule has 1 aromatic carbocycles. The van der Waals surface area contributed by atoms with Crippen LogP contribution in [0.5, 0.6) is 0 Å². The highest BCUT2D eigenvalue weighted by Gasteiger charge is 2.25. The predicted octanol–water partition coefficient (Wildman–Crippen LogP) is 1.84. The van der Waals surface area contributed by atoms with E-state index in [-0.39, 0.29) is 30.3 Å². The summed E-state index contributed by atoms with van der Waals surface area (Å²) in [6, 6.07) is 6.04. The van der Waals surface area contributed by atoms with Crippen molar-refractivity contribution >= 4 is 23.4 Å². The molecule has 22 heavy (non-hydrogen) atoms. The number of hydrogen-bond donors (Lipinski definition) is 3. The Balaban J connectivity index is 2.74. The van der Waals surface area contributed by atoms with E-state index < -0.39 is 6.04 Å². The van der Waals surface area contributed by atoms with E-state index in [1.54, 1.807) is 24.3 Å². The number of nitrogens with one attached hydrogen (secondary N) is 2. The number of rotatable bonds is 7. The van der Waals surface area contributed by atoms with Gasteiger partial charge in [-0.3, -0.25) is 9.59 Å². The van der Waals surface area contributed by atoms with E-state index in [2.05, 4.69) is 10.6 Å². The van der Waals surface area contributed by atoms with Gasteiger partial charge in [-0.1, -0.05) is 44.5 Å². The summed E-state index contributed by atoms with van der Waals surface area (Å²) in [5, 5.41) is 14.8. The quantitative estimate of drug-likeness (QED) is 0.715. The minimum atomic E-state index is -0.658. The van der Waals surface area contributed by atoms with Crippen LogP contribution in [0, 0.1) is 11.8 Å². The molecule has 122 valence electrons. The summed E-state index contributed by atoms with van der Waals surface area (Å²) in [5.41, 5.74) is 0.339. The van der Waals surface area contributed by atoms with E-state index in [9.17, 15) is 9.59 Å². The van der Waals surface area contributed by atoms with E-state index in [0.29, 0.717) is 17.1 Å². The summed E-state index contributed by atoms with van der Waals surface area (Å²) < 4.78 is 0. The average molecular weight is 327 g/mol. The van der Waals surface area contributed by atoms with Crippen LogP contribution in [-0.2, 0) is 4.79 Å². The smallest absolute Gasteiger partial charge is 0.253 e. The highest BCUT2D eigenvalue weighted by molar-refractivity contribution is 6.33. The van der Waals surface area contributed by atoms with Gasteiger partial charge in [0.15, 0.2) is 0 Å². The largest absolute Gasteiger partial charge is 0.396 e. The molecule has 1 aromatic rings. The van der Waals surface area contributed by atoms with Crippen molar-refractivity contribution < 1.29 is 14.7 Å². The number of hydrogen-bond acceptors (Lipinski definition) is 3. The van der Waals surface area contributed by atoms with Crippen molar-refractivity contribution in [3.05, 3.63) is 34.9 Å². The van der Waals surface area contributed by atoms with Gasteiger partial charge in [-0.25, -0.2) is 0 Å². The van der Waals surface area contributed by atoms with Gasteiger partial charge in [0.2, 0.25) is 5.91 Å². The van der Waals surface area contributed by atoms with Crippen molar-refractivity contribution in [1.82, 2.24) is 10.6 Å². The maximum atomic E-state index is 12.3. The number of halogens is 1. The molecule has 2 atom stereocenters. The molecule has 0 aromatic heterocycles. The number of carbonyl (C=O) groups excluding carboxylic acids is 2. The van der Waals surface area contributed by atoms with Gasteiger partial charge >= 0.3 is 0 Å². The second-order valence-electron chi connectivity index (χ2n) is 5.71.